The van der Waals surface area contributed by atoms with Gasteiger partial charge in [0.25, 0.3) is 10.0 Å². The maximum atomic E-state index is 12.1. The monoisotopic (exact) mass is 289 g/mol. The SMILES string of the molecule is O=C(O)c1ccccc1S(=O)(=O)N=Cc1ccccc1. The van der Waals surface area contributed by atoms with Gasteiger partial charge in [0.2, 0.25) is 0 Å². The lowest BCUT2D eigenvalue weighted by molar-refractivity contribution is 0.0692. The largest absolute Gasteiger partial charge is 0.478 e. The highest BCUT2D eigenvalue weighted by Crippen LogP contribution is 2.17. The first kappa shape index (κ1) is 14.0. The molecule has 0 aliphatic rings. The minimum atomic E-state index is -4.05. The molecule has 0 bridgehead atoms. The van der Waals surface area contributed by atoms with Crippen molar-refractivity contribution in [3.05, 3.63) is 65.7 Å². The van der Waals surface area contributed by atoms with Crippen molar-refractivity contribution < 1.29 is 18.3 Å². The summed E-state index contributed by atoms with van der Waals surface area (Å²) < 4.78 is 27.7. The second kappa shape index (κ2) is 5.66. The Balaban J connectivity index is 2.42. The molecule has 0 heterocycles. The third-order valence-corrected chi connectivity index (χ3v) is 3.83. The third kappa shape index (κ3) is 3.10. The molecule has 5 nitrogen and oxygen atoms in total. The molecule has 0 aromatic heterocycles. The fourth-order valence-corrected chi connectivity index (χ4v) is 2.65. The lowest BCUT2D eigenvalue weighted by Gasteiger charge is -2.02. The highest BCUT2D eigenvalue weighted by Gasteiger charge is 2.20. The van der Waals surface area contributed by atoms with Gasteiger partial charge in [0.1, 0.15) is 4.90 Å². The van der Waals surface area contributed by atoms with Gasteiger partial charge in [-0.25, -0.2) is 4.79 Å². The molecule has 6 heteroatoms. The van der Waals surface area contributed by atoms with Crippen LogP contribution in [0.15, 0.2) is 63.9 Å². The van der Waals surface area contributed by atoms with Crippen LogP contribution in [-0.2, 0) is 10.0 Å². The Labute approximate surface area is 116 Å². The Morgan fingerprint density at radius 3 is 2.25 bits per heavy atom. The molecule has 1 N–H and O–H groups in total. The average Bonchev–Trinajstić information content (AvgIpc) is 2.46. The van der Waals surface area contributed by atoms with E-state index < -0.39 is 16.0 Å². The van der Waals surface area contributed by atoms with Crippen molar-refractivity contribution in [3.63, 3.8) is 0 Å². The standard InChI is InChI=1S/C14H11NO4S/c16-14(17)12-8-4-5-9-13(12)20(18,19)15-10-11-6-2-1-3-7-11/h1-10H,(H,16,17). The summed E-state index contributed by atoms with van der Waals surface area (Å²) in [4.78, 5) is 10.7. The molecule has 0 aliphatic heterocycles. The van der Waals surface area contributed by atoms with E-state index >= 15 is 0 Å². The molecule has 0 radical (unpaired) electrons. The van der Waals surface area contributed by atoms with Crippen LogP contribution in [0.25, 0.3) is 0 Å². The summed E-state index contributed by atoms with van der Waals surface area (Å²) in [5.41, 5.74) is 0.321. The predicted octanol–water partition coefficient (Wildman–Crippen LogP) is 2.19. The van der Waals surface area contributed by atoms with E-state index in [1.165, 1.54) is 30.5 Å². The van der Waals surface area contributed by atoms with E-state index in [1.54, 1.807) is 30.3 Å². The summed E-state index contributed by atoms with van der Waals surface area (Å²) in [7, 11) is -4.05. The van der Waals surface area contributed by atoms with Gasteiger partial charge in [0.05, 0.1) is 5.56 Å². The van der Waals surface area contributed by atoms with Crippen molar-refractivity contribution in [3.8, 4) is 0 Å². The summed E-state index contributed by atoms with van der Waals surface area (Å²) in [6.07, 6.45) is 1.19. The Kier molecular flexibility index (Phi) is 3.95. The molecule has 0 atom stereocenters. The lowest BCUT2D eigenvalue weighted by Crippen LogP contribution is -2.07. The zero-order valence-electron chi connectivity index (χ0n) is 10.3. The van der Waals surface area contributed by atoms with Gasteiger partial charge >= 0.3 is 5.97 Å². The molecule has 2 aromatic carbocycles. The number of rotatable bonds is 4. The summed E-state index contributed by atoms with van der Waals surface area (Å²) in [5, 5.41) is 9.00. The smallest absolute Gasteiger partial charge is 0.337 e. The summed E-state index contributed by atoms with van der Waals surface area (Å²) in [5.74, 6) is -1.31. The molecular formula is C14H11NO4S. The number of carboxylic acid groups (broad SMARTS) is 1. The minimum Gasteiger partial charge on any atom is -0.478 e. The van der Waals surface area contributed by atoms with Crippen molar-refractivity contribution in [2.45, 2.75) is 4.90 Å². The normalized spacial score (nSPS) is 11.6. The van der Waals surface area contributed by atoms with Gasteiger partial charge in [-0.1, -0.05) is 42.5 Å². The number of hydrogen-bond donors (Lipinski definition) is 1. The van der Waals surface area contributed by atoms with Crippen molar-refractivity contribution in [1.29, 1.82) is 0 Å². The van der Waals surface area contributed by atoms with Crippen LogP contribution < -0.4 is 0 Å². The van der Waals surface area contributed by atoms with Crippen LogP contribution in [0.5, 0.6) is 0 Å². The van der Waals surface area contributed by atoms with Crippen molar-refractivity contribution in [2.24, 2.45) is 4.40 Å². The molecule has 0 spiro atoms. The molecule has 0 saturated heterocycles. The zero-order valence-corrected chi connectivity index (χ0v) is 11.1. The van der Waals surface area contributed by atoms with E-state index in [-0.39, 0.29) is 10.5 Å². The van der Waals surface area contributed by atoms with Crippen LogP contribution in [0, 0.1) is 0 Å². The Morgan fingerprint density at radius 1 is 1.00 bits per heavy atom. The van der Waals surface area contributed by atoms with E-state index in [0.29, 0.717) is 5.56 Å². The predicted molar refractivity (Wildman–Crippen MR) is 74.6 cm³/mol. The molecule has 0 aliphatic carbocycles. The van der Waals surface area contributed by atoms with Gasteiger partial charge in [-0.3, -0.25) is 0 Å². The fraction of sp³-hybridized carbons (Fsp3) is 0. The Morgan fingerprint density at radius 2 is 1.60 bits per heavy atom. The van der Waals surface area contributed by atoms with E-state index in [2.05, 4.69) is 4.40 Å². The van der Waals surface area contributed by atoms with Gasteiger partial charge in [0.15, 0.2) is 0 Å². The summed E-state index contributed by atoms with van der Waals surface area (Å²) in [6, 6.07) is 14.1. The molecule has 102 valence electrons. The topological polar surface area (TPSA) is 83.8 Å². The van der Waals surface area contributed by atoms with E-state index in [4.69, 9.17) is 5.11 Å². The van der Waals surface area contributed by atoms with Gasteiger partial charge in [-0.15, -0.1) is 0 Å². The van der Waals surface area contributed by atoms with Crippen LogP contribution >= 0.6 is 0 Å². The highest BCUT2D eigenvalue weighted by molar-refractivity contribution is 7.90. The quantitative estimate of drug-likeness (QED) is 0.874. The second-order valence-corrected chi connectivity index (χ2v) is 5.52. The van der Waals surface area contributed by atoms with E-state index in [9.17, 15) is 13.2 Å². The fourth-order valence-electron chi connectivity index (χ4n) is 1.59. The van der Waals surface area contributed by atoms with Gasteiger partial charge in [-0.2, -0.15) is 12.8 Å². The number of aromatic carboxylic acids is 1. The third-order valence-electron chi connectivity index (χ3n) is 2.54. The highest BCUT2D eigenvalue weighted by atomic mass is 32.2. The molecule has 0 fully saturated rings. The van der Waals surface area contributed by atoms with Crippen LogP contribution in [0.3, 0.4) is 0 Å². The zero-order chi connectivity index (χ0) is 14.6. The first-order chi connectivity index (χ1) is 9.50. The number of sulfonamides is 1. The van der Waals surface area contributed by atoms with Crippen LogP contribution in [0.4, 0.5) is 0 Å². The Hall–Kier alpha value is -2.47. The molecule has 0 unspecified atom stereocenters. The number of carbonyl (C=O) groups is 1. The molecule has 20 heavy (non-hydrogen) atoms. The molecule has 0 amide bonds. The lowest BCUT2D eigenvalue weighted by atomic mass is 10.2. The Bertz CT molecular complexity index is 752. The summed E-state index contributed by atoms with van der Waals surface area (Å²) in [6.45, 7) is 0. The number of benzene rings is 2. The van der Waals surface area contributed by atoms with Gasteiger partial charge in [-0.05, 0) is 17.7 Å². The van der Waals surface area contributed by atoms with Crippen molar-refractivity contribution in [1.82, 2.24) is 0 Å². The van der Waals surface area contributed by atoms with Gasteiger partial charge < -0.3 is 5.11 Å². The second-order valence-electron chi connectivity index (χ2n) is 3.92. The van der Waals surface area contributed by atoms with Gasteiger partial charge in [0, 0.05) is 6.21 Å². The van der Waals surface area contributed by atoms with E-state index in [0.717, 1.165) is 0 Å². The van der Waals surface area contributed by atoms with Crippen LogP contribution in [-0.4, -0.2) is 25.7 Å². The van der Waals surface area contributed by atoms with Crippen LogP contribution in [0.2, 0.25) is 0 Å². The van der Waals surface area contributed by atoms with E-state index in [1.807, 2.05) is 0 Å². The summed E-state index contributed by atoms with van der Waals surface area (Å²) >= 11 is 0. The van der Waals surface area contributed by atoms with Crippen LogP contribution in [0.1, 0.15) is 15.9 Å². The number of carboxylic acids is 1. The maximum absolute atomic E-state index is 12.1. The van der Waals surface area contributed by atoms with Crippen molar-refractivity contribution >= 4 is 22.2 Å². The molecule has 2 aromatic rings. The molecular weight excluding hydrogens is 278 g/mol. The first-order valence-electron chi connectivity index (χ1n) is 5.68. The molecule has 2 rings (SSSR count). The molecule has 0 saturated carbocycles. The number of hydrogen-bond acceptors (Lipinski definition) is 3. The maximum Gasteiger partial charge on any atom is 0.337 e. The minimum absolute atomic E-state index is 0.294. The van der Waals surface area contributed by atoms with Crippen molar-refractivity contribution in [2.75, 3.05) is 0 Å². The first-order valence-corrected chi connectivity index (χ1v) is 7.12. The number of nitrogens with zero attached hydrogens (tertiary/aromatic N) is 1. The average molecular weight is 289 g/mol.